The molecule has 0 radical (unpaired) electrons. The van der Waals surface area contributed by atoms with Crippen molar-refractivity contribution < 1.29 is 19.0 Å². The van der Waals surface area contributed by atoms with Crippen LogP contribution in [0.4, 0.5) is 0 Å². The third-order valence-electron chi connectivity index (χ3n) is 5.23. The first-order chi connectivity index (χ1) is 11.6. The van der Waals surface area contributed by atoms with Crippen molar-refractivity contribution in [3.05, 3.63) is 42.5 Å². The highest BCUT2D eigenvalue weighted by Crippen LogP contribution is 2.45. The molecule has 138 valence electrons. The molecule has 0 aromatic heterocycles. The molecule has 1 aromatic carbocycles. The maximum atomic E-state index is 9.90. The van der Waals surface area contributed by atoms with Crippen molar-refractivity contribution in [2.45, 2.75) is 45.0 Å². The van der Waals surface area contributed by atoms with E-state index in [9.17, 15) is 5.11 Å². The van der Waals surface area contributed by atoms with Gasteiger partial charge in [0.15, 0.2) is 19.8 Å². The summed E-state index contributed by atoms with van der Waals surface area (Å²) in [6.45, 7) is 19.0. The van der Waals surface area contributed by atoms with Crippen molar-refractivity contribution in [3.8, 4) is 11.5 Å². The second-order valence-corrected chi connectivity index (χ2v) is 12.7. The van der Waals surface area contributed by atoms with Crippen molar-refractivity contribution in [1.82, 2.24) is 0 Å². The number of rotatable bonds is 7. The van der Waals surface area contributed by atoms with Gasteiger partial charge in [0, 0.05) is 5.92 Å². The molecule has 5 heteroatoms. The van der Waals surface area contributed by atoms with E-state index in [-0.39, 0.29) is 30.5 Å². The number of benzene rings is 1. The van der Waals surface area contributed by atoms with Crippen LogP contribution in [-0.2, 0) is 4.43 Å². The second-order valence-electron chi connectivity index (χ2n) is 7.92. The molecule has 4 nitrogen and oxygen atoms in total. The van der Waals surface area contributed by atoms with E-state index in [4.69, 9.17) is 13.9 Å². The van der Waals surface area contributed by atoms with Gasteiger partial charge >= 0.3 is 0 Å². The Bertz CT molecular complexity index is 646. The van der Waals surface area contributed by atoms with Gasteiger partial charge in [-0.05, 0) is 41.4 Å². The monoisotopic (exact) mass is 362 g/mol. The molecule has 1 aliphatic rings. The fraction of sp³-hybridized carbons (Fsp3) is 0.500. The van der Waals surface area contributed by atoms with Gasteiger partial charge in [-0.25, -0.2) is 0 Å². The first-order valence-corrected chi connectivity index (χ1v) is 11.5. The topological polar surface area (TPSA) is 47.9 Å². The molecular formula is C20H30O4Si. The number of hydrogen-bond acceptors (Lipinski definition) is 4. The molecule has 0 bridgehead atoms. The van der Waals surface area contributed by atoms with Crippen LogP contribution in [0.5, 0.6) is 11.5 Å². The smallest absolute Gasteiger partial charge is 0.231 e. The number of aliphatic hydroxyl groups excluding tert-OH is 1. The van der Waals surface area contributed by atoms with E-state index in [2.05, 4.69) is 47.0 Å². The third-order valence-corrected chi connectivity index (χ3v) is 9.69. The summed E-state index contributed by atoms with van der Waals surface area (Å²) in [5.74, 6) is 1.20. The fourth-order valence-corrected chi connectivity index (χ4v) is 3.86. The standard InChI is InChI=1S/C20H30O4Si/c1-8-14-10-17-18(23-13-22-17)11-16(14)19(15(9-2)12-21)24-25(6,7)20(3,4)5/h8-11,15,19,21H,1-2,12-13H2,3-7H3/t15-,19+/m1/s1. The van der Waals surface area contributed by atoms with E-state index < -0.39 is 8.32 Å². The van der Waals surface area contributed by atoms with Crippen LogP contribution in [0.3, 0.4) is 0 Å². The third kappa shape index (κ3) is 3.99. The Labute approximate surface area is 152 Å². The Balaban J connectivity index is 2.53. The summed E-state index contributed by atoms with van der Waals surface area (Å²) >= 11 is 0. The first-order valence-electron chi connectivity index (χ1n) is 8.62. The number of fused-ring (bicyclic) bond motifs is 1. The molecule has 0 fully saturated rings. The van der Waals surface area contributed by atoms with E-state index in [1.807, 2.05) is 12.1 Å². The molecule has 0 amide bonds. The summed E-state index contributed by atoms with van der Waals surface area (Å²) in [5, 5.41) is 9.95. The van der Waals surface area contributed by atoms with Gasteiger partial charge in [0.05, 0.1) is 12.7 Å². The molecule has 0 saturated carbocycles. The van der Waals surface area contributed by atoms with Gasteiger partial charge < -0.3 is 19.0 Å². The lowest BCUT2D eigenvalue weighted by Gasteiger charge is -2.41. The molecule has 1 heterocycles. The van der Waals surface area contributed by atoms with Crippen LogP contribution in [0.15, 0.2) is 31.4 Å². The van der Waals surface area contributed by atoms with Crippen molar-refractivity contribution in [2.75, 3.05) is 13.4 Å². The molecule has 0 aliphatic carbocycles. The molecule has 1 N–H and O–H groups in total. The molecular weight excluding hydrogens is 332 g/mol. The molecule has 2 atom stereocenters. The summed E-state index contributed by atoms with van der Waals surface area (Å²) < 4.78 is 17.7. The summed E-state index contributed by atoms with van der Waals surface area (Å²) in [7, 11) is -2.07. The van der Waals surface area contributed by atoms with E-state index in [0.717, 1.165) is 11.1 Å². The average molecular weight is 363 g/mol. The minimum atomic E-state index is -2.07. The number of ether oxygens (including phenoxy) is 2. The maximum Gasteiger partial charge on any atom is 0.231 e. The highest BCUT2D eigenvalue weighted by molar-refractivity contribution is 6.74. The van der Waals surface area contributed by atoms with Crippen molar-refractivity contribution in [1.29, 1.82) is 0 Å². The highest BCUT2D eigenvalue weighted by atomic mass is 28.4. The lowest BCUT2D eigenvalue weighted by atomic mass is 9.92. The molecule has 0 saturated heterocycles. The Morgan fingerprint density at radius 3 is 2.32 bits per heavy atom. The summed E-state index contributed by atoms with van der Waals surface area (Å²) in [4.78, 5) is 0. The van der Waals surface area contributed by atoms with Crippen LogP contribution >= 0.6 is 0 Å². The zero-order chi connectivity index (χ0) is 18.8. The van der Waals surface area contributed by atoms with Crippen molar-refractivity contribution in [3.63, 3.8) is 0 Å². The van der Waals surface area contributed by atoms with Gasteiger partial charge in [-0.3, -0.25) is 0 Å². The van der Waals surface area contributed by atoms with Crippen molar-refractivity contribution >= 4 is 14.4 Å². The minimum absolute atomic E-state index is 0.0339. The molecule has 0 unspecified atom stereocenters. The van der Waals surface area contributed by atoms with Gasteiger partial charge in [0.1, 0.15) is 0 Å². The van der Waals surface area contributed by atoms with Crippen LogP contribution in [0.2, 0.25) is 18.1 Å². The lowest BCUT2D eigenvalue weighted by molar-refractivity contribution is 0.0994. The molecule has 25 heavy (non-hydrogen) atoms. The Hall–Kier alpha value is -1.56. The average Bonchev–Trinajstić information content (AvgIpc) is 2.99. The Kier molecular flexibility index (Phi) is 5.81. The quantitative estimate of drug-likeness (QED) is 0.553. The van der Waals surface area contributed by atoms with Gasteiger partial charge in [-0.1, -0.05) is 39.5 Å². The fourth-order valence-electron chi connectivity index (χ4n) is 2.57. The second kappa shape index (κ2) is 7.36. The van der Waals surface area contributed by atoms with Gasteiger partial charge in [-0.2, -0.15) is 0 Å². The van der Waals surface area contributed by atoms with E-state index in [1.165, 1.54) is 0 Å². The Morgan fingerprint density at radius 1 is 1.24 bits per heavy atom. The molecule has 1 aromatic rings. The summed E-state index contributed by atoms with van der Waals surface area (Å²) in [5.41, 5.74) is 1.87. The zero-order valence-electron chi connectivity index (χ0n) is 16.0. The number of hydrogen-bond donors (Lipinski definition) is 1. The van der Waals surface area contributed by atoms with Crippen LogP contribution in [0, 0.1) is 5.92 Å². The zero-order valence-corrected chi connectivity index (χ0v) is 17.0. The SMILES string of the molecule is C=Cc1cc2c(cc1[C@@H](O[Si](C)(C)C(C)(C)C)[C@H](C=C)CO)OCO2. The molecule has 2 rings (SSSR count). The van der Waals surface area contributed by atoms with E-state index in [0.29, 0.717) is 11.5 Å². The predicted octanol–water partition coefficient (Wildman–Crippen LogP) is 4.92. The highest BCUT2D eigenvalue weighted by Gasteiger charge is 2.41. The number of aliphatic hydroxyl groups is 1. The van der Waals surface area contributed by atoms with E-state index in [1.54, 1.807) is 12.2 Å². The lowest BCUT2D eigenvalue weighted by Crippen LogP contribution is -2.43. The van der Waals surface area contributed by atoms with Gasteiger partial charge in [-0.15, -0.1) is 6.58 Å². The normalized spacial score (nSPS) is 16.4. The van der Waals surface area contributed by atoms with Crippen LogP contribution in [0.25, 0.3) is 6.08 Å². The Morgan fingerprint density at radius 2 is 1.84 bits per heavy atom. The van der Waals surface area contributed by atoms with Gasteiger partial charge in [0.2, 0.25) is 6.79 Å². The van der Waals surface area contributed by atoms with Crippen LogP contribution in [0.1, 0.15) is 38.0 Å². The van der Waals surface area contributed by atoms with Crippen LogP contribution < -0.4 is 9.47 Å². The summed E-state index contributed by atoms with van der Waals surface area (Å²) in [6, 6.07) is 3.87. The maximum absolute atomic E-state index is 9.90. The largest absolute Gasteiger partial charge is 0.454 e. The van der Waals surface area contributed by atoms with Crippen LogP contribution in [-0.4, -0.2) is 26.8 Å². The van der Waals surface area contributed by atoms with Gasteiger partial charge in [0.25, 0.3) is 0 Å². The first kappa shape index (κ1) is 19.8. The predicted molar refractivity (Wildman–Crippen MR) is 104 cm³/mol. The van der Waals surface area contributed by atoms with E-state index >= 15 is 0 Å². The molecule has 0 spiro atoms. The summed E-state index contributed by atoms with van der Waals surface area (Å²) in [6.07, 6.45) is 3.23. The molecule has 1 aliphatic heterocycles. The van der Waals surface area contributed by atoms with Crippen molar-refractivity contribution in [2.24, 2.45) is 5.92 Å². The minimum Gasteiger partial charge on any atom is -0.454 e.